The Morgan fingerprint density at radius 2 is 2.16 bits per heavy atom. The average molecular weight is 286 g/mol. The number of ether oxygens (including phenoxy) is 2. The van der Waals surface area contributed by atoms with Crippen molar-refractivity contribution < 1.29 is 19.1 Å². The normalized spacial score (nSPS) is 12.1. The second-order valence-electron chi connectivity index (χ2n) is 4.14. The lowest BCUT2D eigenvalue weighted by atomic mass is 10.1. The highest BCUT2D eigenvalue weighted by molar-refractivity contribution is 7.14. The van der Waals surface area contributed by atoms with E-state index in [1.807, 2.05) is 13.8 Å². The maximum absolute atomic E-state index is 11.7. The highest BCUT2D eigenvalue weighted by atomic mass is 32.1. The summed E-state index contributed by atoms with van der Waals surface area (Å²) >= 11 is 1.25. The van der Waals surface area contributed by atoms with Gasteiger partial charge < -0.3 is 14.8 Å². The van der Waals surface area contributed by atoms with E-state index in [4.69, 9.17) is 9.47 Å². The molecule has 0 aliphatic carbocycles. The van der Waals surface area contributed by atoms with Gasteiger partial charge in [0, 0.05) is 0 Å². The highest BCUT2D eigenvalue weighted by Crippen LogP contribution is 2.24. The number of rotatable bonds is 6. The number of carbonyl (C=O) groups is 2. The topological polar surface area (TPSA) is 77.5 Å². The minimum Gasteiger partial charge on any atom is -0.467 e. The number of anilines is 1. The molecular weight excluding hydrogens is 268 g/mol. The van der Waals surface area contributed by atoms with Crippen LogP contribution in [0.4, 0.5) is 5.00 Å². The van der Waals surface area contributed by atoms with Crippen molar-refractivity contribution in [1.82, 2.24) is 4.98 Å². The molecule has 0 aliphatic heterocycles. The molecule has 1 atom stereocenters. The van der Waals surface area contributed by atoms with E-state index in [0.717, 1.165) is 0 Å². The van der Waals surface area contributed by atoms with E-state index in [1.165, 1.54) is 24.0 Å². The maximum Gasteiger partial charge on any atom is 0.360 e. The third kappa shape index (κ3) is 3.92. The second-order valence-corrected chi connectivity index (χ2v) is 4.99. The average Bonchev–Trinajstić information content (AvgIpc) is 2.83. The molecule has 106 valence electrons. The van der Waals surface area contributed by atoms with Crippen molar-refractivity contribution >= 4 is 28.3 Å². The number of methoxy groups -OCH3 is 1. The Kier molecular flexibility index (Phi) is 5.75. The monoisotopic (exact) mass is 286 g/mol. The van der Waals surface area contributed by atoms with Crippen LogP contribution in [-0.2, 0) is 14.3 Å². The van der Waals surface area contributed by atoms with E-state index < -0.39 is 12.0 Å². The van der Waals surface area contributed by atoms with Crippen LogP contribution in [0.2, 0.25) is 0 Å². The third-order valence-electron chi connectivity index (χ3n) is 2.44. The molecule has 1 unspecified atom stereocenters. The lowest BCUT2D eigenvalue weighted by molar-refractivity contribution is -0.142. The molecule has 19 heavy (non-hydrogen) atoms. The van der Waals surface area contributed by atoms with E-state index >= 15 is 0 Å². The standard InChI is InChI=1S/C12H18N2O4S/c1-5-18-12(16)9-10(19-6-13-9)14-8(7(2)3)11(15)17-4/h6-8,14H,5H2,1-4H3. The predicted molar refractivity (Wildman–Crippen MR) is 72.3 cm³/mol. The molecule has 1 heterocycles. The molecule has 1 N–H and O–H groups in total. The van der Waals surface area contributed by atoms with Gasteiger partial charge in [0.05, 0.1) is 19.2 Å². The second kappa shape index (κ2) is 7.08. The Bertz CT molecular complexity index is 445. The van der Waals surface area contributed by atoms with Gasteiger partial charge in [-0.25, -0.2) is 14.6 Å². The van der Waals surface area contributed by atoms with Crippen molar-refractivity contribution in [2.45, 2.75) is 26.8 Å². The lowest BCUT2D eigenvalue weighted by Crippen LogP contribution is -2.35. The van der Waals surface area contributed by atoms with Crippen molar-refractivity contribution in [3.63, 3.8) is 0 Å². The zero-order chi connectivity index (χ0) is 14.4. The fourth-order valence-electron chi connectivity index (χ4n) is 1.46. The molecule has 0 amide bonds. The van der Waals surface area contributed by atoms with E-state index in [-0.39, 0.29) is 24.2 Å². The number of nitrogens with zero attached hydrogens (tertiary/aromatic N) is 1. The van der Waals surface area contributed by atoms with Crippen LogP contribution in [0.25, 0.3) is 0 Å². The molecule has 0 fully saturated rings. The smallest absolute Gasteiger partial charge is 0.360 e. The molecule has 1 aromatic rings. The molecule has 0 aliphatic rings. The summed E-state index contributed by atoms with van der Waals surface area (Å²) < 4.78 is 9.64. The first-order chi connectivity index (χ1) is 9.01. The maximum atomic E-state index is 11.7. The zero-order valence-corrected chi connectivity index (χ0v) is 12.2. The fraction of sp³-hybridized carbons (Fsp3) is 0.583. The number of thiazole rings is 1. The molecule has 0 spiro atoms. The SMILES string of the molecule is CCOC(=O)c1ncsc1NC(C(=O)OC)C(C)C. The van der Waals surface area contributed by atoms with E-state index in [0.29, 0.717) is 5.00 Å². The van der Waals surface area contributed by atoms with Crippen LogP contribution in [0.5, 0.6) is 0 Å². The molecule has 1 rings (SSSR count). The van der Waals surface area contributed by atoms with Gasteiger partial charge in [0.2, 0.25) is 0 Å². The molecule has 0 saturated carbocycles. The van der Waals surface area contributed by atoms with Crippen LogP contribution in [0.15, 0.2) is 5.51 Å². The number of aromatic nitrogens is 1. The summed E-state index contributed by atoms with van der Waals surface area (Å²) in [4.78, 5) is 27.3. The number of hydrogen-bond acceptors (Lipinski definition) is 7. The quantitative estimate of drug-likeness (QED) is 0.805. The minimum atomic E-state index is -0.529. The molecule has 1 aromatic heterocycles. The summed E-state index contributed by atoms with van der Waals surface area (Å²) in [6.07, 6.45) is 0. The third-order valence-corrected chi connectivity index (χ3v) is 3.20. The van der Waals surface area contributed by atoms with Crippen molar-refractivity contribution in [3.8, 4) is 0 Å². The molecule has 0 saturated heterocycles. The molecule has 6 nitrogen and oxygen atoms in total. The summed E-state index contributed by atoms with van der Waals surface area (Å²) in [6.45, 7) is 5.78. The Morgan fingerprint density at radius 1 is 1.47 bits per heavy atom. The summed E-state index contributed by atoms with van der Waals surface area (Å²) in [5.74, 6) is -0.860. The van der Waals surface area contributed by atoms with Crippen LogP contribution in [-0.4, -0.2) is 36.7 Å². The highest BCUT2D eigenvalue weighted by Gasteiger charge is 2.26. The van der Waals surface area contributed by atoms with Gasteiger partial charge in [0.1, 0.15) is 11.0 Å². The predicted octanol–water partition coefficient (Wildman–Crippen LogP) is 1.93. The van der Waals surface area contributed by atoms with Crippen LogP contribution in [0.3, 0.4) is 0 Å². The molecular formula is C12H18N2O4S. The summed E-state index contributed by atoms with van der Waals surface area (Å²) in [5.41, 5.74) is 1.73. The largest absolute Gasteiger partial charge is 0.467 e. The minimum absolute atomic E-state index is 0.0181. The Hall–Kier alpha value is -1.63. The first-order valence-electron chi connectivity index (χ1n) is 5.96. The van der Waals surface area contributed by atoms with Gasteiger partial charge in [-0.1, -0.05) is 13.8 Å². The Balaban J connectivity index is 2.89. The molecule has 0 aromatic carbocycles. The van der Waals surface area contributed by atoms with Gasteiger partial charge in [0.15, 0.2) is 5.69 Å². The van der Waals surface area contributed by atoms with Gasteiger partial charge in [-0.05, 0) is 12.8 Å². The summed E-state index contributed by atoms with van der Waals surface area (Å²) in [5, 5.41) is 3.51. The van der Waals surface area contributed by atoms with Crippen molar-refractivity contribution in [2.75, 3.05) is 19.0 Å². The van der Waals surface area contributed by atoms with Crippen LogP contribution in [0.1, 0.15) is 31.3 Å². The summed E-state index contributed by atoms with van der Waals surface area (Å²) in [7, 11) is 1.33. The van der Waals surface area contributed by atoms with Crippen molar-refractivity contribution in [1.29, 1.82) is 0 Å². The lowest BCUT2D eigenvalue weighted by Gasteiger charge is -2.20. The van der Waals surface area contributed by atoms with Gasteiger partial charge in [-0.2, -0.15) is 0 Å². The van der Waals surface area contributed by atoms with Gasteiger partial charge in [-0.3, -0.25) is 0 Å². The molecule has 7 heteroatoms. The van der Waals surface area contributed by atoms with Crippen molar-refractivity contribution in [3.05, 3.63) is 11.2 Å². The Labute approximate surface area is 116 Å². The zero-order valence-electron chi connectivity index (χ0n) is 11.4. The summed E-state index contributed by atoms with van der Waals surface area (Å²) in [6, 6.07) is -0.529. The van der Waals surface area contributed by atoms with Crippen LogP contribution in [0, 0.1) is 5.92 Å². The molecule has 0 radical (unpaired) electrons. The first kappa shape index (κ1) is 15.4. The number of hydrogen-bond donors (Lipinski definition) is 1. The first-order valence-corrected chi connectivity index (χ1v) is 6.84. The number of carbonyl (C=O) groups excluding carboxylic acids is 2. The van der Waals surface area contributed by atoms with Gasteiger partial charge in [0.25, 0.3) is 0 Å². The van der Waals surface area contributed by atoms with E-state index in [2.05, 4.69) is 10.3 Å². The van der Waals surface area contributed by atoms with Crippen LogP contribution < -0.4 is 5.32 Å². The van der Waals surface area contributed by atoms with Gasteiger partial charge >= 0.3 is 11.9 Å². The fourth-order valence-corrected chi connectivity index (χ4v) is 2.17. The van der Waals surface area contributed by atoms with E-state index in [1.54, 1.807) is 6.92 Å². The Morgan fingerprint density at radius 3 is 2.68 bits per heavy atom. The number of esters is 2. The molecule has 0 bridgehead atoms. The van der Waals surface area contributed by atoms with Crippen molar-refractivity contribution in [2.24, 2.45) is 5.92 Å². The van der Waals surface area contributed by atoms with Crippen LogP contribution >= 0.6 is 11.3 Å². The van der Waals surface area contributed by atoms with Gasteiger partial charge in [-0.15, -0.1) is 11.3 Å². The van der Waals surface area contributed by atoms with E-state index in [9.17, 15) is 9.59 Å². The number of nitrogens with one attached hydrogen (secondary N) is 1.